The quantitative estimate of drug-likeness (QED) is 0.546. The molecule has 4 nitrogen and oxygen atoms in total. The third kappa shape index (κ3) is 1.85. The van der Waals surface area contributed by atoms with Gasteiger partial charge in [-0.3, -0.25) is 0 Å². The molecule has 1 aromatic carbocycles. The van der Waals surface area contributed by atoms with E-state index in [1.165, 1.54) is 12.1 Å². The van der Waals surface area contributed by atoms with Gasteiger partial charge < -0.3 is 16.8 Å². The molecule has 0 unspecified atom stereocenters. The smallest absolute Gasteiger partial charge is 0.316 e. The predicted molar refractivity (Wildman–Crippen MR) is 44.0 cm³/mol. The van der Waals surface area contributed by atoms with Crippen molar-refractivity contribution in [1.29, 1.82) is 0 Å². The maximum absolute atomic E-state index is 12.5. The van der Waals surface area contributed by atoms with Gasteiger partial charge in [0.1, 0.15) is 5.82 Å². The fourth-order valence-corrected chi connectivity index (χ4v) is 0.780. The van der Waals surface area contributed by atoms with Crippen LogP contribution in [-0.4, -0.2) is 6.03 Å². The molecule has 5 heteroatoms. The molecule has 0 saturated heterocycles. The van der Waals surface area contributed by atoms with Crippen molar-refractivity contribution in [1.82, 2.24) is 0 Å². The molecule has 0 bridgehead atoms. The van der Waals surface area contributed by atoms with Gasteiger partial charge in [-0.2, -0.15) is 0 Å². The summed E-state index contributed by atoms with van der Waals surface area (Å²) in [5, 5.41) is 2.25. The molecule has 5 N–H and O–H groups in total. The van der Waals surface area contributed by atoms with Crippen molar-refractivity contribution in [3.8, 4) is 0 Å². The summed E-state index contributed by atoms with van der Waals surface area (Å²) in [4.78, 5) is 10.4. The van der Waals surface area contributed by atoms with Crippen LogP contribution in [0.5, 0.6) is 0 Å². The third-order valence-electron chi connectivity index (χ3n) is 1.27. The van der Waals surface area contributed by atoms with Crippen LogP contribution in [0.2, 0.25) is 0 Å². The average molecular weight is 169 g/mol. The van der Waals surface area contributed by atoms with Crippen molar-refractivity contribution < 1.29 is 9.18 Å². The molecule has 12 heavy (non-hydrogen) atoms. The van der Waals surface area contributed by atoms with Crippen LogP contribution < -0.4 is 16.8 Å². The number of nitrogens with one attached hydrogen (secondary N) is 1. The van der Waals surface area contributed by atoms with E-state index in [-0.39, 0.29) is 5.69 Å². The summed E-state index contributed by atoms with van der Waals surface area (Å²) in [6.45, 7) is 0. The fraction of sp³-hybridized carbons (Fsp3) is 0. The Hall–Kier alpha value is -1.78. The molecule has 1 aromatic rings. The van der Waals surface area contributed by atoms with E-state index in [4.69, 9.17) is 11.5 Å². The van der Waals surface area contributed by atoms with E-state index in [1.54, 1.807) is 0 Å². The molecule has 0 aliphatic carbocycles. The molecule has 0 atom stereocenters. The van der Waals surface area contributed by atoms with Gasteiger partial charge in [-0.05, 0) is 18.2 Å². The Morgan fingerprint density at radius 2 is 2.17 bits per heavy atom. The number of hydrogen-bond acceptors (Lipinski definition) is 2. The van der Waals surface area contributed by atoms with Crippen molar-refractivity contribution in [3.63, 3.8) is 0 Å². The number of carbonyl (C=O) groups excluding carboxylic acids is 1. The molecule has 0 aromatic heterocycles. The third-order valence-corrected chi connectivity index (χ3v) is 1.27. The summed E-state index contributed by atoms with van der Waals surface area (Å²) in [7, 11) is 0. The van der Waals surface area contributed by atoms with Gasteiger partial charge in [0.15, 0.2) is 0 Å². The van der Waals surface area contributed by atoms with Crippen molar-refractivity contribution >= 4 is 17.4 Å². The van der Waals surface area contributed by atoms with E-state index in [9.17, 15) is 9.18 Å². The van der Waals surface area contributed by atoms with Crippen LogP contribution in [0.25, 0.3) is 0 Å². The summed E-state index contributed by atoms with van der Waals surface area (Å²) < 4.78 is 12.5. The Morgan fingerprint density at radius 1 is 1.50 bits per heavy atom. The molecule has 0 aliphatic heterocycles. The van der Waals surface area contributed by atoms with Crippen molar-refractivity contribution in [2.45, 2.75) is 0 Å². The first-order chi connectivity index (χ1) is 5.59. The zero-order valence-corrected chi connectivity index (χ0v) is 6.17. The first-order valence-electron chi connectivity index (χ1n) is 3.21. The number of urea groups is 1. The van der Waals surface area contributed by atoms with E-state index in [1.807, 2.05) is 0 Å². The molecule has 0 spiro atoms. The SMILES string of the molecule is NC(=O)Nc1ccc(F)cc1N. The van der Waals surface area contributed by atoms with Crippen LogP contribution in [0.1, 0.15) is 0 Å². The number of hydrogen-bond donors (Lipinski definition) is 3. The van der Waals surface area contributed by atoms with Crippen LogP contribution in [0.3, 0.4) is 0 Å². The molecule has 0 radical (unpaired) electrons. The summed E-state index contributed by atoms with van der Waals surface area (Å²) in [5.74, 6) is -0.456. The molecule has 2 amide bonds. The number of carbonyl (C=O) groups is 1. The first-order valence-corrected chi connectivity index (χ1v) is 3.21. The molecular formula is C7H8FN3O. The standard InChI is InChI=1S/C7H8FN3O/c8-4-1-2-6(5(9)3-4)11-7(10)12/h1-3H,9H2,(H3,10,11,12). The fourth-order valence-electron chi connectivity index (χ4n) is 0.780. The van der Waals surface area contributed by atoms with Gasteiger partial charge in [-0.15, -0.1) is 0 Å². The Bertz CT molecular complexity index is 314. The predicted octanol–water partition coefficient (Wildman–Crippen LogP) is 0.899. The van der Waals surface area contributed by atoms with E-state index < -0.39 is 11.8 Å². The average Bonchev–Trinajstić information content (AvgIpc) is 1.94. The van der Waals surface area contributed by atoms with Crippen molar-refractivity contribution in [2.24, 2.45) is 5.73 Å². The first kappa shape index (κ1) is 8.32. The second-order valence-corrected chi connectivity index (χ2v) is 2.22. The van der Waals surface area contributed by atoms with Crippen molar-refractivity contribution in [2.75, 3.05) is 11.1 Å². The highest BCUT2D eigenvalue weighted by Crippen LogP contribution is 2.18. The summed E-state index contributed by atoms with van der Waals surface area (Å²) in [6.07, 6.45) is 0. The molecule has 64 valence electrons. The number of rotatable bonds is 1. The number of amides is 2. The largest absolute Gasteiger partial charge is 0.397 e. The lowest BCUT2D eigenvalue weighted by Gasteiger charge is -2.04. The number of primary amides is 1. The van der Waals surface area contributed by atoms with Gasteiger partial charge in [0.05, 0.1) is 11.4 Å². The topological polar surface area (TPSA) is 81.1 Å². The maximum atomic E-state index is 12.5. The van der Waals surface area contributed by atoms with Crippen LogP contribution in [-0.2, 0) is 0 Å². The van der Waals surface area contributed by atoms with E-state index in [0.29, 0.717) is 5.69 Å². The van der Waals surface area contributed by atoms with Crippen molar-refractivity contribution in [3.05, 3.63) is 24.0 Å². The number of nitrogen functional groups attached to an aromatic ring is 1. The van der Waals surface area contributed by atoms with E-state index in [2.05, 4.69) is 5.32 Å². The zero-order chi connectivity index (χ0) is 9.14. The Balaban J connectivity index is 2.93. The van der Waals surface area contributed by atoms with Crippen LogP contribution in [0.4, 0.5) is 20.6 Å². The van der Waals surface area contributed by atoms with Gasteiger partial charge in [0.2, 0.25) is 0 Å². The van der Waals surface area contributed by atoms with Gasteiger partial charge in [0.25, 0.3) is 0 Å². The lowest BCUT2D eigenvalue weighted by molar-refractivity contribution is 0.259. The molecule has 0 fully saturated rings. The van der Waals surface area contributed by atoms with Crippen LogP contribution in [0, 0.1) is 5.82 Å². The zero-order valence-electron chi connectivity index (χ0n) is 6.17. The van der Waals surface area contributed by atoms with Gasteiger partial charge in [-0.25, -0.2) is 9.18 Å². The van der Waals surface area contributed by atoms with Gasteiger partial charge >= 0.3 is 6.03 Å². The van der Waals surface area contributed by atoms with Crippen LogP contribution >= 0.6 is 0 Å². The van der Waals surface area contributed by atoms with E-state index in [0.717, 1.165) is 6.07 Å². The molecule has 1 rings (SSSR count). The minimum Gasteiger partial charge on any atom is -0.397 e. The second-order valence-electron chi connectivity index (χ2n) is 2.22. The molecule has 0 saturated carbocycles. The second kappa shape index (κ2) is 3.08. The minimum atomic E-state index is -0.728. The lowest BCUT2D eigenvalue weighted by Crippen LogP contribution is -2.20. The molecule has 0 heterocycles. The Kier molecular flexibility index (Phi) is 2.14. The molecule has 0 aliphatic rings. The number of halogens is 1. The summed E-state index contributed by atoms with van der Waals surface area (Å²) >= 11 is 0. The number of nitrogens with two attached hydrogens (primary N) is 2. The Labute approximate surface area is 68.4 Å². The number of anilines is 2. The molecular weight excluding hydrogens is 161 g/mol. The monoisotopic (exact) mass is 169 g/mol. The highest BCUT2D eigenvalue weighted by molar-refractivity contribution is 5.91. The van der Waals surface area contributed by atoms with Gasteiger partial charge in [-0.1, -0.05) is 0 Å². The van der Waals surface area contributed by atoms with Crippen LogP contribution in [0.15, 0.2) is 18.2 Å². The summed E-state index contributed by atoms with van der Waals surface area (Å²) in [6, 6.07) is 2.90. The highest BCUT2D eigenvalue weighted by atomic mass is 19.1. The lowest BCUT2D eigenvalue weighted by atomic mass is 10.2. The minimum absolute atomic E-state index is 0.147. The number of benzene rings is 1. The maximum Gasteiger partial charge on any atom is 0.316 e. The highest BCUT2D eigenvalue weighted by Gasteiger charge is 2.01. The summed E-state index contributed by atoms with van der Waals surface area (Å²) in [5.41, 5.74) is 10.6. The normalized spacial score (nSPS) is 9.42. The Morgan fingerprint density at radius 3 is 2.67 bits per heavy atom. The van der Waals surface area contributed by atoms with E-state index >= 15 is 0 Å². The van der Waals surface area contributed by atoms with Gasteiger partial charge in [0, 0.05) is 0 Å².